The Kier molecular flexibility index (Phi) is 3.53. The number of nitrogens with one attached hydrogen (secondary N) is 1. The van der Waals surface area contributed by atoms with Crippen LogP contribution in [0.1, 0.15) is 15.9 Å². The van der Waals surface area contributed by atoms with Gasteiger partial charge in [0.1, 0.15) is 5.84 Å². The van der Waals surface area contributed by atoms with Gasteiger partial charge in [-0.1, -0.05) is 48.5 Å². The Bertz CT molecular complexity index is 498. The van der Waals surface area contributed by atoms with Crippen LogP contribution in [0.25, 0.3) is 0 Å². The van der Waals surface area contributed by atoms with E-state index >= 15 is 0 Å². The summed E-state index contributed by atoms with van der Waals surface area (Å²) < 4.78 is 0. The lowest BCUT2D eigenvalue weighted by atomic mass is 10.1. The molecule has 0 bridgehead atoms. The van der Waals surface area contributed by atoms with Crippen LogP contribution in [-0.2, 0) is 0 Å². The molecule has 0 aliphatic heterocycles. The molecule has 0 aromatic heterocycles. The second kappa shape index (κ2) is 5.27. The zero-order valence-electron chi connectivity index (χ0n) is 10.1. The Morgan fingerprint density at radius 3 is 1.83 bits per heavy atom. The maximum absolute atomic E-state index is 12.1. The molecule has 2 rings (SSSR count). The van der Waals surface area contributed by atoms with Crippen molar-refractivity contribution in [2.45, 2.75) is 0 Å². The van der Waals surface area contributed by atoms with E-state index in [9.17, 15) is 4.79 Å². The van der Waals surface area contributed by atoms with E-state index in [0.29, 0.717) is 5.56 Å². The Morgan fingerprint density at radius 2 is 1.33 bits per heavy atom. The third-order valence-electron chi connectivity index (χ3n) is 2.71. The van der Waals surface area contributed by atoms with E-state index in [1.807, 2.05) is 48.5 Å². The van der Waals surface area contributed by atoms with Gasteiger partial charge >= 0.3 is 0 Å². The molecule has 0 spiro atoms. The molecule has 0 saturated carbocycles. The fourth-order valence-electron chi connectivity index (χ4n) is 1.67. The van der Waals surface area contributed by atoms with Gasteiger partial charge in [0.2, 0.25) is 0 Å². The monoisotopic (exact) mass is 238 g/mol. The minimum absolute atomic E-state index is 0.176. The van der Waals surface area contributed by atoms with Crippen molar-refractivity contribution in [3.8, 4) is 0 Å². The predicted molar refractivity (Wildman–Crippen MR) is 71.8 cm³/mol. The number of nitrogens with zero attached hydrogens (tertiary/aromatic N) is 1. The molecule has 3 nitrogen and oxygen atoms in total. The van der Waals surface area contributed by atoms with Crippen LogP contribution in [0.5, 0.6) is 0 Å². The topological polar surface area (TPSA) is 44.2 Å². The lowest BCUT2D eigenvalue weighted by molar-refractivity contribution is 0.0870. The first kappa shape index (κ1) is 12.0. The normalized spacial score (nSPS) is 9.83. The molecule has 2 aromatic rings. The summed E-state index contributed by atoms with van der Waals surface area (Å²) in [6, 6.07) is 18.2. The van der Waals surface area contributed by atoms with Gasteiger partial charge in [0.25, 0.3) is 5.91 Å². The van der Waals surface area contributed by atoms with Crippen LogP contribution in [-0.4, -0.2) is 23.7 Å². The number of hydrogen-bond acceptors (Lipinski definition) is 2. The number of amidine groups is 1. The molecule has 0 aliphatic rings. The summed E-state index contributed by atoms with van der Waals surface area (Å²) in [5.41, 5.74) is 1.31. The van der Waals surface area contributed by atoms with E-state index in [-0.39, 0.29) is 11.7 Å². The molecule has 0 heterocycles. The number of amides is 1. The van der Waals surface area contributed by atoms with Crippen molar-refractivity contribution >= 4 is 11.7 Å². The standard InChI is InChI=1S/C15H14N2O/c1-17(14(16)12-8-4-2-5-9-12)15(18)13-10-6-3-7-11-13/h2-11,16H,1H3. The lowest BCUT2D eigenvalue weighted by Crippen LogP contribution is -2.33. The molecule has 0 saturated heterocycles. The number of rotatable bonds is 2. The summed E-state index contributed by atoms with van der Waals surface area (Å²) in [6.45, 7) is 0. The van der Waals surface area contributed by atoms with Gasteiger partial charge in [0.15, 0.2) is 0 Å². The molecule has 90 valence electrons. The quantitative estimate of drug-likeness (QED) is 0.634. The van der Waals surface area contributed by atoms with Crippen LogP contribution >= 0.6 is 0 Å². The molecule has 1 N–H and O–H groups in total. The zero-order valence-corrected chi connectivity index (χ0v) is 10.1. The lowest BCUT2D eigenvalue weighted by Gasteiger charge is -2.18. The maximum atomic E-state index is 12.1. The maximum Gasteiger partial charge on any atom is 0.259 e. The zero-order chi connectivity index (χ0) is 13.0. The molecular weight excluding hydrogens is 224 g/mol. The molecule has 18 heavy (non-hydrogen) atoms. The fraction of sp³-hybridized carbons (Fsp3) is 0.0667. The minimum atomic E-state index is -0.176. The fourth-order valence-corrected chi connectivity index (χ4v) is 1.67. The molecule has 0 radical (unpaired) electrons. The van der Waals surface area contributed by atoms with Gasteiger partial charge < -0.3 is 0 Å². The van der Waals surface area contributed by atoms with Gasteiger partial charge in [-0.15, -0.1) is 0 Å². The van der Waals surface area contributed by atoms with Gasteiger partial charge in [-0.3, -0.25) is 15.1 Å². The van der Waals surface area contributed by atoms with Crippen molar-refractivity contribution in [3.63, 3.8) is 0 Å². The van der Waals surface area contributed by atoms with Crippen LogP contribution < -0.4 is 0 Å². The van der Waals surface area contributed by atoms with Crippen LogP contribution in [0.4, 0.5) is 0 Å². The first-order valence-corrected chi connectivity index (χ1v) is 5.67. The van der Waals surface area contributed by atoms with Crippen molar-refractivity contribution in [2.24, 2.45) is 0 Å². The van der Waals surface area contributed by atoms with E-state index in [0.717, 1.165) is 5.56 Å². The van der Waals surface area contributed by atoms with Crippen LogP contribution in [0.15, 0.2) is 60.7 Å². The van der Waals surface area contributed by atoms with Gasteiger partial charge in [-0.05, 0) is 12.1 Å². The van der Waals surface area contributed by atoms with E-state index in [2.05, 4.69) is 0 Å². The molecule has 0 atom stereocenters. The number of carbonyl (C=O) groups excluding carboxylic acids is 1. The summed E-state index contributed by atoms with van der Waals surface area (Å²) in [6.07, 6.45) is 0. The van der Waals surface area contributed by atoms with Gasteiger partial charge in [-0.2, -0.15) is 0 Å². The van der Waals surface area contributed by atoms with Crippen LogP contribution in [0.2, 0.25) is 0 Å². The minimum Gasteiger partial charge on any atom is -0.296 e. The molecule has 0 fully saturated rings. The molecule has 1 amide bonds. The number of hydrogen-bond donors (Lipinski definition) is 1. The third kappa shape index (κ3) is 2.46. The first-order valence-electron chi connectivity index (χ1n) is 5.67. The molecule has 3 heteroatoms. The average Bonchev–Trinajstić information content (AvgIpc) is 2.47. The Balaban J connectivity index is 2.20. The summed E-state index contributed by atoms with van der Waals surface area (Å²) in [5, 5.41) is 8.02. The van der Waals surface area contributed by atoms with Crippen molar-refractivity contribution in [1.82, 2.24) is 4.90 Å². The largest absolute Gasteiger partial charge is 0.296 e. The summed E-state index contributed by atoms with van der Waals surface area (Å²) >= 11 is 0. The van der Waals surface area contributed by atoms with Crippen LogP contribution in [0, 0.1) is 5.41 Å². The van der Waals surface area contributed by atoms with E-state index in [4.69, 9.17) is 5.41 Å². The van der Waals surface area contributed by atoms with Crippen molar-refractivity contribution in [3.05, 3.63) is 71.8 Å². The van der Waals surface area contributed by atoms with Crippen molar-refractivity contribution in [1.29, 1.82) is 5.41 Å². The predicted octanol–water partition coefficient (Wildman–Crippen LogP) is 2.78. The van der Waals surface area contributed by atoms with E-state index < -0.39 is 0 Å². The van der Waals surface area contributed by atoms with Gasteiger partial charge in [0.05, 0.1) is 0 Å². The van der Waals surface area contributed by atoms with E-state index in [1.54, 1.807) is 19.2 Å². The van der Waals surface area contributed by atoms with Gasteiger partial charge in [-0.25, -0.2) is 0 Å². The number of carbonyl (C=O) groups is 1. The third-order valence-corrected chi connectivity index (χ3v) is 2.71. The van der Waals surface area contributed by atoms with Crippen molar-refractivity contribution < 1.29 is 4.79 Å². The van der Waals surface area contributed by atoms with E-state index in [1.165, 1.54) is 4.90 Å². The molecular formula is C15H14N2O. The number of benzene rings is 2. The first-order chi connectivity index (χ1) is 8.70. The summed E-state index contributed by atoms with van der Waals surface area (Å²) in [4.78, 5) is 13.5. The highest BCUT2D eigenvalue weighted by atomic mass is 16.2. The summed E-state index contributed by atoms with van der Waals surface area (Å²) in [7, 11) is 1.62. The highest BCUT2D eigenvalue weighted by molar-refractivity contribution is 6.11. The molecule has 0 aliphatic carbocycles. The van der Waals surface area contributed by atoms with Crippen LogP contribution in [0.3, 0.4) is 0 Å². The second-order valence-corrected chi connectivity index (χ2v) is 3.94. The molecule has 0 unspecified atom stereocenters. The highest BCUT2D eigenvalue weighted by Crippen LogP contribution is 2.08. The van der Waals surface area contributed by atoms with Crippen molar-refractivity contribution in [2.75, 3.05) is 7.05 Å². The Hall–Kier alpha value is -2.42. The second-order valence-electron chi connectivity index (χ2n) is 3.94. The Labute approximate surface area is 106 Å². The highest BCUT2D eigenvalue weighted by Gasteiger charge is 2.16. The SMILES string of the molecule is CN(C(=N)c1ccccc1)C(=O)c1ccccc1. The smallest absolute Gasteiger partial charge is 0.259 e. The molecule has 2 aromatic carbocycles. The Morgan fingerprint density at radius 1 is 0.889 bits per heavy atom. The average molecular weight is 238 g/mol. The summed E-state index contributed by atoms with van der Waals surface area (Å²) in [5.74, 6) is 0.0221. The van der Waals surface area contributed by atoms with Gasteiger partial charge in [0, 0.05) is 18.2 Å².